The van der Waals surface area contributed by atoms with Crippen LogP contribution in [0.5, 0.6) is 0 Å². The van der Waals surface area contributed by atoms with E-state index in [2.05, 4.69) is 15.3 Å². The number of aromatic nitrogens is 4. The van der Waals surface area contributed by atoms with Crippen molar-refractivity contribution in [2.75, 3.05) is 5.73 Å². The molecule has 0 atom stereocenters. The quantitative estimate of drug-likeness (QED) is 0.323. The van der Waals surface area contributed by atoms with E-state index in [4.69, 9.17) is 10.8 Å². The maximum Gasteiger partial charge on any atom is 0.261 e. The number of nitrogens with two attached hydrogens (primary N) is 1. The van der Waals surface area contributed by atoms with Gasteiger partial charge >= 0.3 is 0 Å². The van der Waals surface area contributed by atoms with Crippen LogP contribution in [0.4, 0.5) is 5.82 Å². The molecule has 5 aromatic rings. The maximum absolute atomic E-state index is 12.7. The second-order valence-corrected chi connectivity index (χ2v) is 10.3. The van der Waals surface area contributed by atoms with Gasteiger partial charge in [0.2, 0.25) is 0 Å². The molecule has 1 amide bonds. The van der Waals surface area contributed by atoms with Crippen molar-refractivity contribution in [3.8, 4) is 11.3 Å². The number of hydrogen-bond acceptors (Lipinski definition) is 7. The third-order valence-electron chi connectivity index (χ3n) is 6.86. The molecule has 0 aliphatic heterocycles. The fraction of sp³-hybridized carbons (Fsp3) is 0.259. The minimum absolute atomic E-state index is 0.0764. The zero-order chi connectivity index (χ0) is 24.6. The summed E-state index contributed by atoms with van der Waals surface area (Å²) in [4.78, 5) is 22.1. The fourth-order valence-electron chi connectivity index (χ4n) is 4.90. The number of rotatable bonds is 5. The average molecular weight is 499 g/mol. The van der Waals surface area contributed by atoms with Crippen molar-refractivity contribution in [2.24, 2.45) is 0 Å². The van der Waals surface area contributed by atoms with Gasteiger partial charge in [0.05, 0.1) is 22.4 Å². The van der Waals surface area contributed by atoms with Crippen LogP contribution in [0.1, 0.15) is 47.0 Å². The lowest BCUT2D eigenvalue weighted by Gasteiger charge is -2.25. The number of aliphatic hydroxyl groups is 1. The van der Waals surface area contributed by atoms with Gasteiger partial charge < -0.3 is 16.2 Å². The van der Waals surface area contributed by atoms with Gasteiger partial charge in [0.15, 0.2) is 5.65 Å². The monoisotopic (exact) mass is 498 g/mol. The van der Waals surface area contributed by atoms with Crippen LogP contribution in [0.25, 0.3) is 32.4 Å². The summed E-state index contributed by atoms with van der Waals surface area (Å²) < 4.78 is 3.06. The number of nitrogens with zero attached hydrogens (tertiary/aromatic N) is 4. The second kappa shape index (κ2) is 9.33. The maximum atomic E-state index is 12.7. The Balaban J connectivity index is 1.22. The molecule has 0 unspecified atom stereocenters. The number of carbonyl (C=O) groups excluding carboxylic acids is 1. The van der Waals surface area contributed by atoms with E-state index in [9.17, 15) is 9.90 Å². The number of thiophene rings is 1. The molecular weight excluding hydrogens is 472 g/mol. The van der Waals surface area contributed by atoms with Crippen LogP contribution < -0.4 is 11.1 Å². The molecule has 3 heterocycles. The van der Waals surface area contributed by atoms with Crippen LogP contribution in [-0.4, -0.2) is 36.9 Å². The van der Waals surface area contributed by atoms with E-state index in [0.717, 1.165) is 63.6 Å². The summed E-state index contributed by atoms with van der Waals surface area (Å²) in [6.45, 7) is 0.429. The molecule has 0 radical (unpaired) electrons. The van der Waals surface area contributed by atoms with Crippen molar-refractivity contribution >= 4 is 44.2 Å². The molecule has 0 bridgehead atoms. The summed E-state index contributed by atoms with van der Waals surface area (Å²) in [6.07, 6.45) is 4.43. The van der Waals surface area contributed by atoms with Crippen LogP contribution in [0.3, 0.4) is 0 Å². The van der Waals surface area contributed by atoms with Crippen molar-refractivity contribution in [3.05, 3.63) is 71.4 Å². The minimum atomic E-state index is -0.242. The molecule has 3 aromatic heterocycles. The highest BCUT2D eigenvalue weighted by molar-refractivity contribution is 7.20. The van der Waals surface area contributed by atoms with Gasteiger partial charge in [0.25, 0.3) is 5.91 Å². The molecule has 1 fully saturated rings. The van der Waals surface area contributed by atoms with Gasteiger partial charge in [0.1, 0.15) is 17.8 Å². The zero-order valence-corrected chi connectivity index (χ0v) is 20.4. The van der Waals surface area contributed by atoms with Gasteiger partial charge in [-0.05, 0) is 48.8 Å². The highest BCUT2D eigenvalue weighted by Crippen LogP contribution is 2.36. The topological polar surface area (TPSA) is 119 Å². The molecule has 9 heteroatoms. The first-order valence-electron chi connectivity index (χ1n) is 12.1. The Morgan fingerprint density at radius 1 is 1.08 bits per heavy atom. The predicted octanol–water partition coefficient (Wildman–Crippen LogP) is 4.70. The lowest BCUT2D eigenvalue weighted by Crippen LogP contribution is -2.22. The Morgan fingerprint density at radius 3 is 2.64 bits per heavy atom. The molecule has 1 aliphatic carbocycles. The molecular formula is C27H26N6O2S. The lowest BCUT2D eigenvalue weighted by atomic mass is 9.93. The van der Waals surface area contributed by atoms with E-state index in [0.29, 0.717) is 17.2 Å². The zero-order valence-electron chi connectivity index (χ0n) is 19.6. The Kier molecular flexibility index (Phi) is 5.86. The number of anilines is 1. The molecule has 6 rings (SSSR count). The summed E-state index contributed by atoms with van der Waals surface area (Å²) in [6, 6.07) is 18.1. The van der Waals surface area contributed by atoms with Crippen LogP contribution in [0.15, 0.2) is 60.9 Å². The van der Waals surface area contributed by atoms with Gasteiger partial charge in [-0.3, -0.25) is 4.79 Å². The van der Waals surface area contributed by atoms with E-state index >= 15 is 0 Å². The Hall–Kier alpha value is -3.82. The molecule has 0 saturated heterocycles. The third kappa shape index (κ3) is 4.20. The van der Waals surface area contributed by atoms with E-state index in [-0.39, 0.29) is 18.1 Å². The first kappa shape index (κ1) is 22.6. The lowest BCUT2D eigenvalue weighted by molar-refractivity contribution is 0.0955. The Morgan fingerprint density at radius 2 is 1.86 bits per heavy atom. The first-order valence-corrected chi connectivity index (χ1v) is 12.9. The summed E-state index contributed by atoms with van der Waals surface area (Å²) >= 11 is 1.50. The minimum Gasteiger partial charge on any atom is -0.393 e. The normalized spacial score (nSPS) is 18.0. The molecule has 1 aliphatic rings. The summed E-state index contributed by atoms with van der Waals surface area (Å²) in [5.74, 6) is 0.323. The number of nitrogen functional groups attached to an aromatic ring is 1. The predicted molar refractivity (Wildman–Crippen MR) is 142 cm³/mol. The number of nitrogens with one attached hydrogen (secondary N) is 1. The van der Waals surface area contributed by atoms with Gasteiger partial charge in [-0.25, -0.2) is 14.6 Å². The van der Waals surface area contributed by atoms with E-state index < -0.39 is 0 Å². The van der Waals surface area contributed by atoms with E-state index in [1.807, 2.05) is 59.3 Å². The number of carbonyl (C=O) groups is 1. The van der Waals surface area contributed by atoms with Gasteiger partial charge in [0, 0.05) is 16.8 Å². The fourth-order valence-corrected chi connectivity index (χ4v) is 5.88. The van der Waals surface area contributed by atoms with E-state index in [1.54, 1.807) is 0 Å². The van der Waals surface area contributed by atoms with E-state index in [1.165, 1.54) is 17.7 Å². The Bertz CT molecular complexity index is 1520. The van der Waals surface area contributed by atoms with Crippen LogP contribution in [0.2, 0.25) is 0 Å². The van der Waals surface area contributed by atoms with Crippen LogP contribution in [-0.2, 0) is 6.54 Å². The first-order chi connectivity index (χ1) is 17.6. The second-order valence-electron chi connectivity index (χ2n) is 9.24. The van der Waals surface area contributed by atoms with Crippen molar-refractivity contribution < 1.29 is 9.90 Å². The summed E-state index contributed by atoms with van der Waals surface area (Å²) in [5, 5.41) is 19.7. The smallest absolute Gasteiger partial charge is 0.261 e. The number of fused-ring (bicyclic) bond motifs is 2. The Labute approximate surface area is 211 Å². The molecule has 4 N–H and O–H groups in total. The van der Waals surface area contributed by atoms with Gasteiger partial charge in [-0.1, -0.05) is 42.5 Å². The number of benzene rings is 2. The molecule has 182 valence electrons. The standard InChI is InChI=1S/C27H26N6O2S/c28-25-23-24(32-33(26(23)31-15-30-25)19-9-11-20(34)12-10-19)17-7-5-16(6-8-17)14-29-27(35)22-13-18-3-1-2-4-21(18)36-22/h1-8,13,15,19-20,34H,9-12,14H2,(H,29,35)(H2,28,30,31). The van der Waals surface area contributed by atoms with Crippen molar-refractivity contribution in [1.29, 1.82) is 0 Å². The van der Waals surface area contributed by atoms with Crippen molar-refractivity contribution in [3.63, 3.8) is 0 Å². The number of aliphatic hydroxyl groups excluding tert-OH is 1. The molecule has 0 spiro atoms. The highest BCUT2D eigenvalue weighted by atomic mass is 32.1. The molecule has 2 aromatic carbocycles. The van der Waals surface area contributed by atoms with Gasteiger partial charge in [-0.2, -0.15) is 5.10 Å². The summed E-state index contributed by atoms with van der Waals surface area (Å²) in [5.41, 5.74) is 9.63. The highest BCUT2D eigenvalue weighted by Gasteiger charge is 2.26. The largest absolute Gasteiger partial charge is 0.393 e. The molecule has 36 heavy (non-hydrogen) atoms. The SMILES string of the molecule is Nc1ncnc2c1c(-c1ccc(CNC(=O)c3cc4ccccc4s3)cc1)nn2C1CCC(O)CC1. The molecule has 8 nitrogen and oxygen atoms in total. The van der Waals surface area contributed by atoms with Crippen molar-refractivity contribution in [1.82, 2.24) is 25.1 Å². The number of amides is 1. The van der Waals surface area contributed by atoms with Crippen LogP contribution >= 0.6 is 11.3 Å². The third-order valence-corrected chi connectivity index (χ3v) is 7.97. The summed E-state index contributed by atoms with van der Waals surface area (Å²) in [7, 11) is 0. The van der Waals surface area contributed by atoms with Crippen molar-refractivity contribution in [2.45, 2.75) is 44.4 Å². The molecule has 1 saturated carbocycles. The van der Waals surface area contributed by atoms with Gasteiger partial charge in [-0.15, -0.1) is 11.3 Å². The average Bonchev–Trinajstić information content (AvgIpc) is 3.51. The van der Waals surface area contributed by atoms with Crippen LogP contribution in [0, 0.1) is 0 Å². The number of hydrogen-bond donors (Lipinski definition) is 3.